The van der Waals surface area contributed by atoms with E-state index in [0.29, 0.717) is 26.4 Å². The molecule has 0 bridgehead atoms. The maximum absolute atomic E-state index is 6.70. The Bertz CT molecular complexity index is 1400. The Morgan fingerprint density at radius 3 is 1.43 bits per heavy atom. The van der Waals surface area contributed by atoms with E-state index < -0.39 is 30.7 Å². The lowest BCUT2D eigenvalue weighted by molar-refractivity contribution is -0.326. The Morgan fingerprint density at radius 2 is 0.955 bits per heavy atom. The van der Waals surface area contributed by atoms with E-state index in [0.717, 1.165) is 22.3 Å². The fourth-order valence-electron chi connectivity index (χ4n) is 5.08. The first kappa shape index (κ1) is 31.6. The molecular weight excluding hydrogens is 552 g/mol. The van der Waals surface area contributed by atoms with Crippen molar-refractivity contribution in [2.75, 3.05) is 13.2 Å². The largest absolute Gasteiger partial charge is 0.374 e. The van der Waals surface area contributed by atoms with Crippen LogP contribution in [0.25, 0.3) is 0 Å². The molecule has 6 nitrogen and oxygen atoms in total. The molecule has 1 aliphatic heterocycles. The van der Waals surface area contributed by atoms with Crippen molar-refractivity contribution in [1.29, 1.82) is 0 Å². The van der Waals surface area contributed by atoms with Crippen molar-refractivity contribution in [3.05, 3.63) is 144 Å². The van der Waals surface area contributed by atoms with Gasteiger partial charge in [0.1, 0.15) is 31.0 Å². The lowest BCUT2D eigenvalue weighted by Crippen LogP contribution is -2.61. The molecule has 0 spiro atoms. The van der Waals surface area contributed by atoms with Crippen molar-refractivity contribution in [1.82, 2.24) is 0 Å². The molecule has 6 heteroatoms. The molecule has 0 amide bonds. The maximum Gasteiger partial charge on any atom is 0.188 e. The monoisotopic (exact) mass is 592 g/mol. The highest BCUT2D eigenvalue weighted by atomic mass is 16.7. The van der Waals surface area contributed by atoms with E-state index in [9.17, 15) is 0 Å². The molecule has 228 valence electrons. The molecule has 0 aliphatic carbocycles. The predicted molar refractivity (Wildman–Crippen MR) is 169 cm³/mol. The van der Waals surface area contributed by atoms with Crippen LogP contribution in [0.4, 0.5) is 0 Å². The first-order valence-corrected chi connectivity index (χ1v) is 15.0. The van der Waals surface area contributed by atoms with E-state index in [1.54, 1.807) is 6.92 Å². The van der Waals surface area contributed by atoms with Gasteiger partial charge in [-0.3, -0.25) is 0 Å². The van der Waals surface area contributed by atoms with Crippen LogP contribution in [0.3, 0.4) is 0 Å². The summed E-state index contributed by atoms with van der Waals surface area (Å²) in [4.78, 5) is 0. The molecule has 1 heterocycles. The van der Waals surface area contributed by atoms with Gasteiger partial charge in [0, 0.05) is 0 Å². The molecule has 0 saturated carbocycles. The second-order valence-electron chi connectivity index (χ2n) is 10.6. The van der Waals surface area contributed by atoms with E-state index in [2.05, 4.69) is 11.8 Å². The average Bonchev–Trinajstić information content (AvgIpc) is 3.08. The van der Waals surface area contributed by atoms with Gasteiger partial charge in [0.05, 0.1) is 33.0 Å². The third-order valence-electron chi connectivity index (χ3n) is 7.34. The van der Waals surface area contributed by atoms with Crippen molar-refractivity contribution in [3.8, 4) is 11.8 Å². The van der Waals surface area contributed by atoms with Crippen LogP contribution < -0.4 is 0 Å². The van der Waals surface area contributed by atoms with Gasteiger partial charge in [-0.05, 0) is 29.2 Å². The summed E-state index contributed by atoms with van der Waals surface area (Å²) >= 11 is 0. The van der Waals surface area contributed by atoms with Crippen molar-refractivity contribution in [2.24, 2.45) is 0 Å². The number of rotatable bonds is 15. The van der Waals surface area contributed by atoms with Gasteiger partial charge in [-0.2, -0.15) is 0 Å². The van der Waals surface area contributed by atoms with Gasteiger partial charge < -0.3 is 28.4 Å². The molecule has 1 aliphatic rings. The van der Waals surface area contributed by atoms with Crippen molar-refractivity contribution >= 4 is 0 Å². The van der Waals surface area contributed by atoms with Gasteiger partial charge in [0.2, 0.25) is 0 Å². The van der Waals surface area contributed by atoms with E-state index >= 15 is 0 Å². The molecule has 5 rings (SSSR count). The van der Waals surface area contributed by atoms with Crippen LogP contribution in [0.5, 0.6) is 0 Å². The zero-order valence-electron chi connectivity index (χ0n) is 25.1. The highest BCUT2D eigenvalue weighted by Crippen LogP contribution is 2.31. The Morgan fingerprint density at radius 1 is 0.523 bits per heavy atom. The molecule has 0 aromatic heterocycles. The second-order valence-corrected chi connectivity index (χ2v) is 10.6. The average molecular weight is 593 g/mol. The Balaban J connectivity index is 1.42. The molecule has 1 unspecified atom stereocenters. The number of ether oxygens (including phenoxy) is 6. The predicted octanol–water partition coefficient (Wildman–Crippen LogP) is 6.72. The van der Waals surface area contributed by atoms with Gasteiger partial charge in [-0.1, -0.05) is 127 Å². The standard InChI is InChI=1S/C38H40O6/c1-2-3-24-40-38-37(43-28-33-22-14-7-15-23-33)36(42-27-32-20-12-6-13-21-32)35(41-26-31-18-10-5-11-19-31)34(44-38)29-39-25-30-16-8-4-9-17-30/h4-23,34-38H,24-29H2,1H3/t34-,35-,36+,37-,38?/m1/s1. The van der Waals surface area contributed by atoms with Crippen LogP contribution in [0, 0.1) is 11.8 Å². The summed E-state index contributed by atoms with van der Waals surface area (Å²) in [6.07, 6.45) is -2.86. The van der Waals surface area contributed by atoms with E-state index in [1.165, 1.54) is 0 Å². The molecule has 1 saturated heterocycles. The zero-order chi connectivity index (χ0) is 30.2. The molecule has 5 atom stereocenters. The van der Waals surface area contributed by atoms with Crippen molar-refractivity contribution in [3.63, 3.8) is 0 Å². The lowest BCUT2D eigenvalue weighted by atomic mass is 9.97. The summed E-state index contributed by atoms with van der Waals surface area (Å²) in [5.41, 5.74) is 4.22. The first-order valence-electron chi connectivity index (χ1n) is 15.0. The quantitative estimate of drug-likeness (QED) is 0.143. The molecule has 0 N–H and O–H groups in total. The SMILES string of the molecule is CC#CCOC1O[C@H](COCc2ccccc2)[C@@H](OCc2ccccc2)[C@H](OCc2ccccc2)[C@H]1OCc1ccccc1. The third-order valence-corrected chi connectivity index (χ3v) is 7.34. The maximum atomic E-state index is 6.70. The van der Waals surface area contributed by atoms with Crippen LogP contribution in [0.1, 0.15) is 29.2 Å². The van der Waals surface area contributed by atoms with Gasteiger partial charge in [0.25, 0.3) is 0 Å². The summed E-state index contributed by atoms with van der Waals surface area (Å²) < 4.78 is 38.9. The van der Waals surface area contributed by atoms with Crippen molar-refractivity contribution < 1.29 is 28.4 Å². The summed E-state index contributed by atoms with van der Waals surface area (Å²) in [5, 5.41) is 0. The minimum Gasteiger partial charge on any atom is -0.374 e. The Hall–Kier alpha value is -3.80. The first-order chi connectivity index (χ1) is 21.8. The van der Waals surface area contributed by atoms with Gasteiger partial charge in [-0.25, -0.2) is 0 Å². The van der Waals surface area contributed by atoms with Crippen molar-refractivity contribution in [2.45, 2.75) is 64.1 Å². The van der Waals surface area contributed by atoms with Crippen LogP contribution in [-0.4, -0.2) is 43.9 Å². The topological polar surface area (TPSA) is 55.4 Å². The van der Waals surface area contributed by atoms with Gasteiger partial charge in [-0.15, -0.1) is 5.92 Å². The number of hydrogen-bond acceptors (Lipinski definition) is 6. The van der Waals surface area contributed by atoms with E-state index in [-0.39, 0.29) is 13.2 Å². The summed E-state index contributed by atoms with van der Waals surface area (Å²) in [6.45, 7) is 3.83. The normalized spacial score (nSPS) is 21.3. The lowest BCUT2D eigenvalue weighted by Gasteiger charge is -2.45. The van der Waals surface area contributed by atoms with E-state index in [1.807, 2.05) is 121 Å². The summed E-state index contributed by atoms with van der Waals surface area (Å²) in [7, 11) is 0. The van der Waals surface area contributed by atoms with Crippen LogP contribution >= 0.6 is 0 Å². The minimum absolute atomic E-state index is 0.199. The van der Waals surface area contributed by atoms with Crippen LogP contribution in [0.2, 0.25) is 0 Å². The highest BCUT2D eigenvalue weighted by molar-refractivity contribution is 5.16. The smallest absolute Gasteiger partial charge is 0.188 e. The zero-order valence-corrected chi connectivity index (χ0v) is 25.1. The van der Waals surface area contributed by atoms with Gasteiger partial charge >= 0.3 is 0 Å². The van der Waals surface area contributed by atoms with Gasteiger partial charge in [0.15, 0.2) is 6.29 Å². The highest BCUT2D eigenvalue weighted by Gasteiger charge is 2.49. The molecule has 0 radical (unpaired) electrons. The molecule has 44 heavy (non-hydrogen) atoms. The number of hydrogen-bond donors (Lipinski definition) is 0. The molecular formula is C38H40O6. The van der Waals surface area contributed by atoms with Crippen LogP contribution in [0.15, 0.2) is 121 Å². The molecule has 4 aromatic carbocycles. The Labute approximate surface area is 260 Å². The minimum atomic E-state index is -0.748. The second kappa shape index (κ2) is 17.5. The fraction of sp³-hybridized carbons (Fsp3) is 0.316. The Kier molecular flexibility index (Phi) is 12.6. The molecule has 4 aromatic rings. The molecule has 1 fully saturated rings. The summed E-state index contributed by atoms with van der Waals surface area (Å²) in [5.74, 6) is 5.89. The summed E-state index contributed by atoms with van der Waals surface area (Å²) in [6, 6.07) is 40.3. The fourth-order valence-corrected chi connectivity index (χ4v) is 5.08. The third kappa shape index (κ3) is 9.60. The van der Waals surface area contributed by atoms with Crippen LogP contribution in [-0.2, 0) is 54.8 Å². The van der Waals surface area contributed by atoms with E-state index in [4.69, 9.17) is 28.4 Å². The number of benzene rings is 4.